The van der Waals surface area contributed by atoms with E-state index in [1.54, 1.807) is 24.5 Å². The molecule has 1 amide bonds. The highest BCUT2D eigenvalue weighted by molar-refractivity contribution is 6.02. The number of fused-ring (bicyclic) bond motifs is 1. The van der Waals surface area contributed by atoms with Crippen molar-refractivity contribution in [1.29, 1.82) is 0 Å². The third kappa shape index (κ3) is 2.82. The standard InChI is InChI=1S/C16H13N5O4/c1-21-14-10(7-11(19-20-14)9-3-2-4-17-8-9)13(23)12(16(21)25)15(24)18-5-6-22/h2-4,6-8,23H,5H2,1H3,(H,18,24). The number of carbonyl (C=O) groups excluding carboxylic acids is 2. The van der Waals surface area contributed by atoms with Gasteiger partial charge in [-0.1, -0.05) is 0 Å². The number of amides is 1. The highest BCUT2D eigenvalue weighted by atomic mass is 16.3. The van der Waals surface area contributed by atoms with Gasteiger partial charge in [-0.25, -0.2) is 0 Å². The van der Waals surface area contributed by atoms with Crippen molar-refractivity contribution >= 4 is 23.2 Å². The fraction of sp³-hybridized carbons (Fsp3) is 0.125. The van der Waals surface area contributed by atoms with Gasteiger partial charge in [0.2, 0.25) is 0 Å². The molecule has 0 aliphatic carbocycles. The van der Waals surface area contributed by atoms with E-state index in [1.807, 2.05) is 0 Å². The van der Waals surface area contributed by atoms with Crippen LogP contribution in [0.4, 0.5) is 0 Å². The maximum absolute atomic E-state index is 12.3. The van der Waals surface area contributed by atoms with Crippen molar-refractivity contribution < 1.29 is 14.7 Å². The molecule has 0 radical (unpaired) electrons. The molecule has 3 heterocycles. The number of hydrogen-bond donors (Lipinski definition) is 2. The zero-order valence-electron chi connectivity index (χ0n) is 13.1. The first-order valence-electron chi connectivity index (χ1n) is 7.26. The van der Waals surface area contributed by atoms with Gasteiger partial charge in [-0.05, 0) is 18.2 Å². The molecule has 3 aromatic heterocycles. The Morgan fingerprint density at radius 1 is 1.40 bits per heavy atom. The van der Waals surface area contributed by atoms with Crippen molar-refractivity contribution in [2.24, 2.45) is 7.05 Å². The minimum Gasteiger partial charge on any atom is -0.506 e. The van der Waals surface area contributed by atoms with Crippen molar-refractivity contribution in [3.05, 3.63) is 46.5 Å². The Morgan fingerprint density at radius 3 is 2.88 bits per heavy atom. The number of hydrogen-bond acceptors (Lipinski definition) is 7. The summed E-state index contributed by atoms with van der Waals surface area (Å²) in [6.07, 6.45) is 3.66. The van der Waals surface area contributed by atoms with E-state index in [4.69, 9.17) is 0 Å². The van der Waals surface area contributed by atoms with Crippen LogP contribution in [-0.2, 0) is 11.8 Å². The van der Waals surface area contributed by atoms with Crippen molar-refractivity contribution in [3.63, 3.8) is 0 Å². The second kappa shape index (κ2) is 6.48. The van der Waals surface area contributed by atoms with Gasteiger partial charge in [0, 0.05) is 25.0 Å². The molecule has 0 spiro atoms. The van der Waals surface area contributed by atoms with Crippen LogP contribution in [0.5, 0.6) is 5.75 Å². The molecule has 25 heavy (non-hydrogen) atoms. The number of carbonyl (C=O) groups is 2. The van der Waals surface area contributed by atoms with E-state index in [1.165, 1.54) is 13.1 Å². The summed E-state index contributed by atoms with van der Waals surface area (Å²) < 4.78 is 1.12. The van der Waals surface area contributed by atoms with E-state index in [-0.39, 0.29) is 17.6 Å². The SMILES string of the molecule is Cn1c(=O)c(C(=O)NCC=O)c(O)c2cc(-c3cccnc3)nnc21. The Labute approximate surface area is 141 Å². The Morgan fingerprint density at radius 2 is 2.20 bits per heavy atom. The summed E-state index contributed by atoms with van der Waals surface area (Å²) >= 11 is 0. The molecule has 0 aliphatic rings. The van der Waals surface area contributed by atoms with Gasteiger partial charge in [0.05, 0.1) is 17.6 Å². The third-order valence-corrected chi connectivity index (χ3v) is 3.63. The van der Waals surface area contributed by atoms with Crippen LogP contribution in [0.1, 0.15) is 10.4 Å². The summed E-state index contributed by atoms with van der Waals surface area (Å²) in [5, 5.41) is 20.9. The van der Waals surface area contributed by atoms with Gasteiger partial charge in [-0.2, -0.15) is 0 Å². The minimum atomic E-state index is -0.841. The summed E-state index contributed by atoms with van der Waals surface area (Å²) in [5.74, 6) is -1.35. The molecule has 0 atom stereocenters. The van der Waals surface area contributed by atoms with Crippen molar-refractivity contribution in [1.82, 2.24) is 25.1 Å². The fourth-order valence-electron chi connectivity index (χ4n) is 2.39. The van der Waals surface area contributed by atoms with E-state index in [0.717, 1.165) is 4.57 Å². The monoisotopic (exact) mass is 339 g/mol. The summed E-state index contributed by atoms with van der Waals surface area (Å²) in [4.78, 5) is 38.8. The summed E-state index contributed by atoms with van der Waals surface area (Å²) in [6, 6.07) is 5.00. The molecule has 0 saturated heterocycles. The predicted molar refractivity (Wildman–Crippen MR) is 88.1 cm³/mol. The Balaban J connectivity index is 2.24. The number of nitrogens with zero attached hydrogens (tertiary/aromatic N) is 4. The number of rotatable bonds is 4. The van der Waals surface area contributed by atoms with E-state index in [0.29, 0.717) is 17.5 Å². The lowest BCUT2D eigenvalue weighted by Crippen LogP contribution is -2.33. The van der Waals surface area contributed by atoms with Gasteiger partial charge in [0.15, 0.2) is 5.65 Å². The lowest BCUT2D eigenvalue weighted by atomic mass is 10.1. The van der Waals surface area contributed by atoms with Crippen molar-refractivity contribution in [2.45, 2.75) is 0 Å². The fourth-order valence-corrected chi connectivity index (χ4v) is 2.39. The average Bonchev–Trinajstić information content (AvgIpc) is 2.65. The van der Waals surface area contributed by atoms with Gasteiger partial charge in [-0.3, -0.25) is 19.1 Å². The largest absolute Gasteiger partial charge is 0.506 e. The Kier molecular flexibility index (Phi) is 4.21. The van der Waals surface area contributed by atoms with Crippen LogP contribution in [-0.4, -0.2) is 43.6 Å². The number of aryl methyl sites for hydroxylation is 1. The van der Waals surface area contributed by atoms with Crippen LogP contribution in [0.2, 0.25) is 0 Å². The Bertz CT molecular complexity index is 1030. The molecule has 2 N–H and O–H groups in total. The highest BCUT2D eigenvalue weighted by Crippen LogP contribution is 2.27. The number of aromatic hydroxyl groups is 1. The molecule has 0 unspecified atom stereocenters. The molecule has 3 rings (SSSR count). The second-order valence-electron chi connectivity index (χ2n) is 5.17. The van der Waals surface area contributed by atoms with Crippen molar-refractivity contribution in [2.75, 3.05) is 6.54 Å². The topological polar surface area (TPSA) is 127 Å². The summed E-state index contributed by atoms with van der Waals surface area (Å²) in [7, 11) is 1.42. The normalized spacial score (nSPS) is 10.6. The molecule has 126 valence electrons. The molecule has 3 aromatic rings. The quantitative estimate of drug-likeness (QED) is 0.642. The first-order valence-corrected chi connectivity index (χ1v) is 7.26. The van der Waals surface area contributed by atoms with Crippen LogP contribution in [0.3, 0.4) is 0 Å². The third-order valence-electron chi connectivity index (χ3n) is 3.63. The molecule has 0 aliphatic heterocycles. The number of nitrogens with one attached hydrogen (secondary N) is 1. The lowest BCUT2D eigenvalue weighted by molar-refractivity contribution is -0.107. The van der Waals surface area contributed by atoms with Crippen LogP contribution in [0.15, 0.2) is 35.4 Å². The van der Waals surface area contributed by atoms with Crippen LogP contribution in [0.25, 0.3) is 22.3 Å². The van der Waals surface area contributed by atoms with Gasteiger partial charge in [0.25, 0.3) is 11.5 Å². The van der Waals surface area contributed by atoms with E-state index < -0.39 is 22.8 Å². The van der Waals surface area contributed by atoms with Gasteiger partial charge in [-0.15, -0.1) is 10.2 Å². The molecular weight excluding hydrogens is 326 g/mol. The van der Waals surface area contributed by atoms with E-state index in [2.05, 4.69) is 20.5 Å². The minimum absolute atomic E-state index is 0.127. The molecular formula is C16H13N5O4. The Hall–Kier alpha value is -3.62. The lowest BCUT2D eigenvalue weighted by Gasteiger charge is -2.11. The molecule has 0 aromatic carbocycles. The number of aldehydes is 1. The molecule has 0 bridgehead atoms. The number of pyridine rings is 2. The molecule has 9 heteroatoms. The second-order valence-corrected chi connectivity index (χ2v) is 5.17. The maximum Gasteiger partial charge on any atom is 0.268 e. The summed E-state index contributed by atoms with van der Waals surface area (Å²) in [5.41, 5.74) is 0.0202. The first kappa shape index (κ1) is 16.2. The first-order chi connectivity index (χ1) is 12.0. The molecule has 9 nitrogen and oxygen atoms in total. The zero-order valence-corrected chi connectivity index (χ0v) is 13.1. The van der Waals surface area contributed by atoms with E-state index in [9.17, 15) is 19.5 Å². The predicted octanol–water partition coefficient (Wildman–Crippen LogP) is 0.0248. The maximum atomic E-state index is 12.3. The van der Waals surface area contributed by atoms with Gasteiger partial charge in [0.1, 0.15) is 17.6 Å². The van der Waals surface area contributed by atoms with Crippen LogP contribution >= 0.6 is 0 Å². The summed E-state index contributed by atoms with van der Waals surface area (Å²) in [6.45, 7) is -0.269. The smallest absolute Gasteiger partial charge is 0.268 e. The number of aromatic nitrogens is 4. The van der Waals surface area contributed by atoms with Crippen LogP contribution in [0, 0.1) is 0 Å². The van der Waals surface area contributed by atoms with Crippen LogP contribution < -0.4 is 10.9 Å². The van der Waals surface area contributed by atoms with Gasteiger partial charge >= 0.3 is 0 Å². The molecule has 0 saturated carbocycles. The van der Waals surface area contributed by atoms with Crippen molar-refractivity contribution in [3.8, 4) is 17.0 Å². The highest BCUT2D eigenvalue weighted by Gasteiger charge is 2.22. The van der Waals surface area contributed by atoms with E-state index >= 15 is 0 Å². The molecule has 0 fully saturated rings. The zero-order chi connectivity index (χ0) is 18.0. The van der Waals surface area contributed by atoms with Gasteiger partial charge < -0.3 is 15.2 Å². The average molecular weight is 339 g/mol.